The van der Waals surface area contributed by atoms with Crippen molar-refractivity contribution in [2.24, 2.45) is 0 Å². The third-order valence-corrected chi connectivity index (χ3v) is 3.86. The number of hydrogen-bond acceptors (Lipinski definition) is 1. The van der Waals surface area contributed by atoms with E-state index in [1.165, 1.54) is 6.07 Å². The van der Waals surface area contributed by atoms with Gasteiger partial charge in [0.25, 0.3) is 0 Å². The number of hydrogen-bond donors (Lipinski definition) is 1. The number of allylic oxidation sites excluding steroid dienone is 3. The van der Waals surface area contributed by atoms with E-state index in [0.717, 1.165) is 34.4 Å². The van der Waals surface area contributed by atoms with Crippen LogP contribution in [0.4, 0.5) is 8.78 Å². The quantitative estimate of drug-likeness (QED) is 0.396. The van der Waals surface area contributed by atoms with E-state index in [1.54, 1.807) is 6.92 Å². The van der Waals surface area contributed by atoms with Gasteiger partial charge >= 0.3 is 0 Å². The summed E-state index contributed by atoms with van der Waals surface area (Å²) in [6.07, 6.45) is 0. The molecule has 0 unspecified atom stereocenters. The minimum atomic E-state index is -1.01. The Morgan fingerprint density at radius 3 is 2.08 bits per heavy atom. The molecule has 0 aliphatic heterocycles. The maximum Gasteiger partial charge on any atom is 0.159 e. The van der Waals surface area contributed by atoms with Gasteiger partial charge in [-0.25, -0.2) is 8.78 Å². The van der Waals surface area contributed by atoms with E-state index in [1.807, 2.05) is 32.0 Å². The number of benzene rings is 2. The van der Waals surface area contributed by atoms with Gasteiger partial charge < -0.3 is 5.11 Å². The summed E-state index contributed by atoms with van der Waals surface area (Å²) in [6, 6.07) is 9.11. The Morgan fingerprint density at radius 2 is 1.54 bits per heavy atom. The zero-order chi connectivity index (χ0) is 18.0. The second-order valence-electron chi connectivity index (χ2n) is 5.94. The van der Waals surface area contributed by atoms with Crippen LogP contribution in [-0.2, 0) is 0 Å². The number of halogens is 2. The zero-order valence-electron chi connectivity index (χ0n) is 14.1. The molecule has 0 saturated heterocycles. The molecule has 2 aromatic carbocycles. The van der Waals surface area contributed by atoms with Crippen LogP contribution in [0.25, 0.3) is 16.9 Å². The number of aryl methyl sites for hydroxylation is 1. The highest BCUT2D eigenvalue weighted by Crippen LogP contribution is 2.33. The molecule has 1 N–H and O–H groups in total. The molecule has 24 heavy (non-hydrogen) atoms. The number of rotatable bonds is 4. The van der Waals surface area contributed by atoms with Crippen LogP contribution < -0.4 is 0 Å². The molecule has 0 atom stereocenters. The SMILES string of the molecule is C=C(C)/C(=C(\O)c1ccc(F)c(F)c1)c1cc(C(=C)C)ccc1C. The zero-order valence-corrected chi connectivity index (χ0v) is 14.1. The van der Waals surface area contributed by atoms with Crippen molar-refractivity contribution in [2.75, 3.05) is 0 Å². The van der Waals surface area contributed by atoms with Crippen LogP contribution >= 0.6 is 0 Å². The van der Waals surface area contributed by atoms with Crippen molar-refractivity contribution < 1.29 is 13.9 Å². The largest absolute Gasteiger partial charge is 0.507 e. The molecular weight excluding hydrogens is 306 g/mol. The third-order valence-electron chi connectivity index (χ3n) is 3.86. The van der Waals surface area contributed by atoms with Crippen molar-refractivity contribution in [3.8, 4) is 0 Å². The average Bonchev–Trinajstić information content (AvgIpc) is 2.51. The summed E-state index contributed by atoms with van der Waals surface area (Å²) in [6.45, 7) is 13.4. The first-order valence-corrected chi connectivity index (χ1v) is 7.53. The molecular formula is C21H20F2O. The minimum Gasteiger partial charge on any atom is -0.507 e. The fourth-order valence-corrected chi connectivity index (χ4v) is 2.50. The molecule has 0 radical (unpaired) electrons. The van der Waals surface area contributed by atoms with Crippen molar-refractivity contribution in [3.63, 3.8) is 0 Å². The van der Waals surface area contributed by atoms with Gasteiger partial charge in [-0.15, -0.1) is 0 Å². The van der Waals surface area contributed by atoms with Crippen LogP contribution in [0.1, 0.15) is 36.1 Å². The molecule has 0 aliphatic rings. The van der Waals surface area contributed by atoms with E-state index in [4.69, 9.17) is 0 Å². The van der Waals surface area contributed by atoms with Crippen molar-refractivity contribution in [3.05, 3.63) is 89.0 Å². The lowest BCUT2D eigenvalue weighted by atomic mass is 9.90. The van der Waals surface area contributed by atoms with Crippen LogP contribution in [0.15, 0.2) is 55.1 Å². The van der Waals surface area contributed by atoms with Gasteiger partial charge in [0.2, 0.25) is 0 Å². The summed E-state index contributed by atoms with van der Waals surface area (Å²) >= 11 is 0. The topological polar surface area (TPSA) is 20.2 Å². The maximum atomic E-state index is 13.5. The Kier molecular flexibility index (Phi) is 5.03. The van der Waals surface area contributed by atoms with Crippen molar-refractivity contribution in [2.45, 2.75) is 20.8 Å². The second kappa shape index (κ2) is 6.83. The first kappa shape index (κ1) is 17.7. The highest BCUT2D eigenvalue weighted by atomic mass is 19.2. The fourth-order valence-electron chi connectivity index (χ4n) is 2.50. The van der Waals surface area contributed by atoms with E-state index in [-0.39, 0.29) is 11.3 Å². The second-order valence-corrected chi connectivity index (χ2v) is 5.94. The molecule has 0 heterocycles. The molecule has 2 aromatic rings. The van der Waals surface area contributed by atoms with Gasteiger partial charge in [0, 0.05) is 11.1 Å². The Morgan fingerprint density at radius 1 is 0.917 bits per heavy atom. The molecule has 3 heteroatoms. The molecule has 0 fully saturated rings. The van der Waals surface area contributed by atoms with Crippen molar-refractivity contribution in [1.82, 2.24) is 0 Å². The molecule has 0 saturated carbocycles. The summed E-state index contributed by atoms with van der Waals surface area (Å²) in [7, 11) is 0. The van der Waals surface area contributed by atoms with Gasteiger partial charge in [0.05, 0.1) is 0 Å². The molecule has 0 aromatic heterocycles. The standard InChI is InChI=1S/C21H20F2O/c1-12(2)15-7-6-14(5)17(10-15)20(13(3)4)21(24)16-8-9-18(22)19(23)11-16/h6-11,24H,1,3H2,2,4-5H3/b21-20+. The predicted octanol–water partition coefficient (Wildman–Crippen LogP) is 6.31. The van der Waals surface area contributed by atoms with Crippen molar-refractivity contribution in [1.29, 1.82) is 0 Å². The van der Waals surface area contributed by atoms with Gasteiger partial charge in [-0.2, -0.15) is 0 Å². The lowest BCUT2D eigenvalue weighted by molar-refractivity contribution is 0.498. The van der Waals surface area contributed by atoms with Gasteiger partial charge in [0.15, 0.2) is 11.6 Å². The monoisotopic (exact) mass is 326 g/mol. The maximum absolute atomic E-state index is 13.5. The van der Waals surface area contributed by atoms with Crippen LogP contribution in [-0.4, -0.2) is 5.11 Å². The molecule has 2 rings (SSSR count). The lowest BCUT2D eigenvalue weighted by Gasteiger charge is -2.16. The first-order chi connectivity index (χ1) is 11.2. The fraction of sp³-hybridized carbons (Fsp3) is 0.143. The van der Waals surface area contributed by atoms with E-state index in [2.05, 4.69) is 13.2 Å². The van der Waals surface area contributed by atoms with Crippen molar-refractivity contribution >= 4 is 16.9 Å². The first-order valence-electron chi connectivity index (χ1n) is 7.53. The minimum absolute atomic E-state index is 0.136. The highest BCUT2D eigenvalue weighted by Gasteiger charge is 2.16. The van der Waals surface area contributed by atoms with Crippen LogP contribution in [0.5, 0.6) is 0 Å². The molecule has 0 aliphatic carbocycles. The van der Waals surface area contributed by atoms with E-state index in [9.17, 15) is 13.9 Å². The summed E-state index contributed by atoms with van der Waals surface area (Å²) in [5, 5.41) is 10.7. The normalized spacial score (nSPS) is 11.9. The molecule has 124 valence electrons. The van der Waals surface area contributed by atoms with E-state index in [0.29, 0.717) is 11.1 Å². The van der Waals surface area contributed by atoms with E-state index < -0.39 is 11.6 Å². The lowest BCUT2D eigenvalue weighted by Crippen LogP contribution is -1.98. The Labute approximate surface area is 141 Å². The van der Waals surface area contributed by atoms with Gasteiger partial charge in [-0.05, 0) is 67.3 Å². The molecule has 0 bridgehead atoms. The average molecular weight is 326 g/mol. The summed E-state index contributed by atoms with van der Waals surface area (Å²) in [5.41, 5.74) is 4.88. The highest BCUT2D eigenvalue weighted by molar-refractivity contribution is 5.96. The molecule has 0 amide bonds. The van der Waals surface area contributed by atoms with E-state index >= 15 is 0 Å². The molecule has 1 nitrogen and oxygen atoms in total. The summed E-state index contributed by atoms with van der Waals surface area (Å²) in [4.78, 5) is 0. The van der Waals surface area contributed by atoms with Gasteiger partial charge in [-0.3, -0.25) is 0 Å². The van der Waals surface area contributed by atoms with Gasteiger partial charge in [0.1, 0.15) is 5.76 Å². The smallest absolute Gasteiger partial charge is 0.159 e. The number of aliphatic hydroxyl groups excluding tert-OH is 1. The summed E-state index contributed by atoms with van der Waals surface area (Å²) < 4.78 is 26.7. The molecule has 0 spiro atoms. The Bertz CT molecular complexity index is 860. The summed E-state index contributed by atoms with van der Waals surface area (Å²) in [5.74, 6) is -2.10. The number of aliphatic hydroxyl groups is 1. The van der Waals surface area contributed by atoms with Crippen LogP contribution in [0.3, 0.4) is 0 Å². The van der Waals surface area contributed by atoms with Crippen LogP contribution in [0, 0.1) is 18.6 Å². The Balaban J connectivity index is 2.73. The van der Waals surface area contributed by atoms with Crippen LogP contribution in [0.2, 0.25) is 0 Å². The predicted molar refractivity (Wildman–Crippen MR) is 96.5 cm³/mol. The third kappa shape index (κ3) is 3.46. The van der Waals surface area contributed by atoms with Gasteiger partial charge in [-0.1, -0.05) is 30.9 Å². The Hall–Kier alpha value is -2.68.